The molecule has 1 amide bonds. The number of likely N-dealkylation sites (tertiary alicyclic amines) is 1. The van der Waals surface area contributed by atoms with Gasteiger partial charge in [-0.15, -0.1) is 0 Å². The molecule has 120 valence electrons. The molecule has 1 aliphatic rings. The second-order valence-corrected chi connectivity index (χ2v) is 6.04. The van der Waals surface area contributed by atoms with Gasteiger partial charge in [0.2, 0.25) is 0 Å². The van der Waals surface area contributed by atoms with E-state index in [1.54, 1.807) is 25.3 Å². The summed E-state index contributed by atoms with van der Waals surface area (Å²) in [6.45, 7) is 4.13. The van der Waals surface area contributed by atoms with E-state index in [4.69, 9.17) is 5.11 Å². The van der Waals surface area contributed by atoms with Crippen molar-refractivity contribution in [1.29, 1.82) is 0 Å². The highest BCUT2D eigenvalue weighted by atomic mass is 16.4. The molecule has 2 aromatic heterocycles. The highest BCUT2D eigenvalue weighted by molar-refractivity contribution is 5.94. The molecule has 7 nitrogen and oxygen atoms in total. The van der Waals surface area contributed by atoms with Gasteiger partial charge in [-0.3, -0.25) is 18.8 Å². The van der Waals surface area contributed by atoms with E-state index in [9.17, 15) is 14.4 Å². The third-order valence-corrected chi connectivity index (χ3v) is 4.31. The van der Waals surface area contributed by atoms with Crippen molar-refractivity contribution in [1.82, 2.24) is 14.3 Å². The van der Waals surface area contributed by atoms with Crippen LogP contribution in [0.15, 0.2) is 29.3 Å². The Hall–Kier alpha value is -2.70. The molecule has 0 radical (unpaired) electrons. The predicted molar refractivity (Wildman–Crippen MR) is 82.4 cm³/mol. The summed E-state index contributed by atoms with van der Waals surface area (Å²) in [6, 6.07) is 3.52. The first kappa shape index (κ1) is 15.2. The van der Waals surface area contributed by atoms with Gasteiger partial charge >= 0.3 is 5.97 Å². The number of carboxylic acids is 1. The Balaban J connectivity index is 1.96. The zero-order valence-electron chi connectivity index (χ0n) is 12.9. The van der Waals surface area contributed by atoms with Gasteiger partial charge < -0.3 is 10.0 Å². The fraction of sp³-hybridized carbons (Fsp3) is 0.375. The quantitative estimate of drug-likeness (QED) is 0.885. The van der Waals surface area contributed by atoms with Crippen molar-refractivity contribution in [3.05, 3.63) is 46.0 Å². The van der Waals surface area contributed by atoms with Crippen LogP contribution < -0.4 is 5.56 Å². The van der Waals surface area contributed by atoms with Crippen LogP contribution >= 0.6 is 0 Å². The predicted octanol–water partition coefficient (Wildman–Crippen LogP) is 0.796. The van der Waals surface area contributed by atoms with E-state index in [2.05, 4.69) is 4.98 Å². The summed E-state index contributed by atoms with van der Waals surface area (Å²) in [6.07, 6.45) is 2.86. The van der Waals surface area contributed by atoms with Crippen molar-refractivity contribution in [2.24, 2.45) is 11.8 Å². The molecule has 23 heavy (non-hydrogen) atoms. The van der Waals surface area contributed by atoms with Crippen molar-refractivity contribution in [3.63, 3.8) is 0 Å². The summed E-state index contributed by atoms with van der Waals surface area (Å²) in [5.41, 5.74) is 0.967. The van der Waals surface area contributed by atoms with Gasteiger partial charge in [0.15, 0.2) is 0 Å². The molecule has 2 aromatic rings. The van der Waals surface area contributed by atoms with Crippen LogP contribution in [0.1, 0.15) is 22.8 Å². The van der Waals surface area contributed by atoms with E-state index in [0.29, 0.717) is 12.2 Å². The highest BCUT2D eigenvalue weighted by Gasteiger charge is 2.37. The van der Waals surface area contributed by atoms with Gasteiger partial charge in [-0.05, 0) is 30.5 Å². The van der Waals surface area contributed by atoms with Crippen LogP contribution in [0.3, 0.4) is 0 Å². The van der Waals surface area contributed by atoms with Crippen molar-refractivity contribution in [3.8, 4) is 0 Å². The Morgan fingerprint density at radius 3 is 2.74 bits per heavy atom. The Morgan fingerprint density at radius 2 is 2.09 bits per heavy atom. The molecule has 0 aliphatic carbocycles. The van der Waals surface area contributed by atoms with E-state index in [0.717, 1.165) is 5.56 Å². The van der Waals surface area contributed by atoms with Crippen molar-refractivity contribution >= 4 is 17.5 Å². The number of nitrogens with zero attached hydrogens (tertiary/aromatic N) is 3. The Morgan fingerprint density at radius 1 is 1.35 bits per heavy atom. The number of amides is 1. The first-order valence-corrected chi connectivity index (χ1v) is 7.38. The van der Waals surface area contributed by atoms with E-state index >= 15 is 0 Å². The lowest BCUT2D eigenvalue weighted by Crippen LogP contribution is -2.35. The summed E-state index contributed by atoms with van der Waals surface area (Å²) >= 11 is 0. The average molecular weight is 315 g/mol. The highest BCUT2D eigenvalue weighted by Crippen LogP contribution is 2.24. The SMILES string of the molecule is Cc1ccn2c(=O)c(C(=O)N3C[C@@H](C)[C@H](C(=O)O)C3)cnc2c1. The number of aryl methyl sites for hydroxylation is 1. The minimum Gasteiger partial charge on any atom is -0.481 e. The molecule has 3 rings (SSSR count). The lowest BCUT2D eigenvalue weighted by molar-refractivity contribution is -0.142. The van der Waals surface area contributed by atoms with Crippen molar-refractivity contribution < 1.29 is 14.7 Å². The molecule has 2 atom stereocenters. The monoisotopic (exact) mass is 315 g/mol. The van der Waals surface area contributed by atoms with E-state index in [1.807, 2.05) is 6.92 Å². The molecule has 0 bridgehead atoms. The van der Waals surface area contributed by atoms with E-state index < -0.39 is 23.4 Å². The van der Waals surface area contributed by atoms with Crippen LogP contribution in [0.2, 0.25) is 0 Å². The molecule has 0 spiro atoms. The van der Waals surface area contributed by atoms with Crippen LogP contribution in [0, 0.1) is 18.8 Å². The number of aromatic nitrogens is 2. The van der Waals surface area contributed by atoms with E-state index in [1.165, 1.54) is 15.5 Å². The Bertz CT molecular complexity index is 858. The third-order valence-electron chi connectivity index (χ3n) is 4.31. The van der Waals surface area contributed by atoms with Crippen molar-refractivity contribution in [2.45, 2.75) is 13.8 Å². The molecule has 3 heterocycles. The van der Waals surface area contributed by atoms with Crippen LogP contribution in [0.25, 0.3) is 5.65 Å². The molecule has 1 fully saturated rings. The summed E-state index contributed by atoms with van der Waals surface area (Å²) < 4.78 is 1.33. The number of aliphatic carboxylic acids is 1. The summed E-state index contributed by atoms with van der Waals surface area (Å²) in [5, 5.41) is 9.16. The lowest BCUT2D eigenvalue weighted by Gasteiger charge is -2.15. The zero-order chi connectivity index (χ0) is 16.7. The standard InChI is InChI=1S/C16H17N3O4/c1-9-3-4-19-13(5-9)17-6-11(15(19)21)14(20)18-7-10(2)12(8-18)16(22)23/h3-6,10,12H,7-8H2,1-2H3,(H,22,23)/t10-,12-/m1/s1. The molecule has 0 unspecified atom stereocenters. The fourth-order valence-electron chi connectivity index (χ4n) is 2.95. The fourth-order valence-corrected chi connectivity index (χ4v) is 2.95. The average Bonchev–Trinajstić information content (AvgIpc) is 2.89. The van der Waals surface area contributed by atoms with Gasteiger partial charge in [0.1, 0.15) is 11.2 Å². The normalized spacial score (nSPS) is 20.9. The van der Waals surface area contributed by atoms with Gasteiger partial charge in [0.05, 0.1) is 5.92 Å². The summed E-state index contributed by atoms with van der Waals surface area (Å²) in [5.74, 6) is -2.13. The molecular formula is C16H17N3O4. The smallest absolute Gasteiger partial charge is 0.308 e. The molecule has 0 saturated carbocycles. The van der Waals surface area contributed by atoms with Gasteiger partial charge in [-0.1, -0.05) is 6.92 Å². The molecule has 1 aliphatic heterocycles. The second kappa shape index (κ2) is 5.49. The van der Waals surface area contributed by atoms with Crippen LogP contribution in [0.4, 0.5) is 0 Å². The van der Waals surface area contributed by atoms with E-state index in [-0.39, 0.29) is 18.0 Å². The van der Waals surface area contributed by atoms with Crippen molar-refractivity contribution in [2.75, 3.05) is 13.1 Å². The number of fused-ring (bicyclic) bond motifs is 1. The summed E-state index contributed by atoms with van der Waals surface area (Å²) in [7, 11) is 0. The molecule has 0 aromatic carbocycles. The first-order chi connectivity index (χ1) is 10.9. The molecule has 7 heteroatoms. The lowest BCUT2D eigenvalue weighted by atomic mass is 9.99. The summed E-state index contributed by atoms with van der Waals surface area (Å²) in [4.78, 5) is 41.8. The minimum absolute atomic E-state index is 0.0374. The number of hydrogen-bond donors (Lipinski definition) is 1. The topological polar surface area (TPSA) is 92.0 Å². The first-order valence-electron chi connectivity index (χ1n) is 7.38. The third kappa shape index (κ3) is 2.58. The van der Waals surface area contributed by atoms with Crippen LogP contribution in [-0.2, 0) is 4.79 Å². The largest absolute Gasteiger partial charge is 0.481 e. The van der Waals surface area contributed by atoms with Crippen LogP contribution in [0.5, 0.6) is 0 Å². The number of carbonyl (C=O) groups excluding carboxylic acids is 1. The maximum atomic E-state index is 12.6. The number of pyridine rings is 1. The van der Waals surface area contributed by atoms with Gasteiger partial charge in [0, 0.05) is 25.5 Å². The second-order valence-electron chi connectivity index (χ2n) is 6.04. The minimum atomic E-state index is -0.920. The maximum absolute atomic E-state index is 12.6. The molecule has 1 saturated heterocycles. The maximum Gasteiger partial charge on any atom is 0.308 e. The van der Waals surface area contributed by atoms with Gasteiger partial charge in [0.25, 0.3) is 11.5 Å². The number of carboxylic acid groups (broad SMARTS) is 1. The molecular weight excluding hydrogens is 298 g/mol. The van der Waals surface area contributed by atoms with Crippen LogP contribution in [-0.4, -0.2) is 44.4 Å². The Labute approximate surface area is 132 Å². The molecule has 1 N–H and O–H groups in total. The number of hydrogen-bond acceptors (Lipinski definition) is 4. The Kier molecular flexibility index (Phi) is 3.63. The zero-order valence-corrected chi connectivity index (χ0v) is 12.9. The van der Waals surface area contributed by atoms with Gasteiger partial charge in [-0.2, -0.15) is 0 Å². The number of rotatable bonds is 2. The number of carbonyl (C=O) groups is 2. The van der Waals surface area contributed by atoms with Gasteiger partial charge in [-0.25, -0.2) is 4.98 Å².